The average Bonchev–Trinajstić information content (AvgIpc) is 3.13. The van der Waals surface area contributed by atoms with Crippen LogP contribution >= 0.6 is 0 Å². The number of hydrogen-bond donors (Lipinski definition) is 8. The van der Waals surface area contributed by atoms with E-state index in [1.54, 1.807) is 0 Å². The van der Waals surface area contributed by atoms with Gasteiger partial charge in [-0.1, -0.05) is 6.92 Å². The summed E-state index contributed by atoms with van der Waals surface area (Å²) >= 11 is 0. The summed E-state index contributed by atoms with van der Waals surface area (Å²) in [6.45, 7) is 6.23. The third-order valence-corrected chi connectivity index (χ3v) is 7.30. The minimum absolute atomic E-state index is 0.00822. The second kappa shape index (κ2) is 22.9. The molecule has 47 heavy (non-hydrogen) atoms. The SMILES string of the molecule is CC(=O)NC1CC(O)[C@@H](O)C(CO)O[C@H]1OCCOCCOCC(C)COCCOCCO[C@@H]1OC(CO)[C@H](O)C(O)C1NC(C)=O. The molecule has 2 amide bonds. The summed E-state index contributed by atoms with van der Waals surface area (Å²) in [5.41, 5.74) is 0. The van der Waals surface area contributed by atoms with E-state index in [9.17, 15) is 40.2 Å². The molecule has 2 fully saturated rings. The third kappa shape index (κ3) is 15.2. The summed E-state index contributed by atoms with van der Waals surface area (Å²) in [5, 5.41) is 64.6. The van der Waals surface area contributed by atoms with Crippen molar-refractivity contribution in [2.45, 2.75) is 88.5 Å². The van der Waals surface area contributed by atoms with Crippen LogP contribution in [-0.2, 0) is 47.5 Å². The van der Waals surface area contributed by atoms with Crippen molar-refractivity contribution in [2.75, 3.05) is 79.3 Å². The molecule has 0 aromatic heterocycles. The summed E-state index contributed by atoms with van der Waals surface area (Å²) in [6.07, 6.45) is -9.48. The van der Waals surface area contributed by atoms with E-state index in [1.807, 2.05) is 6.92 Å². The number of aliphatic hydroxyl groups excluding tert-OH is 6. The van der Waals surface area contributed by atoms with E-state index < -0.39 is 80.4 Å². The van der Waals surface area contributed by atoms with Crippen LogP contribution in [0, 0.1) is 5.92 Å². The maximum absolute atomic E-state index is 11.6. The molecule has 18 nitrogen and oxygen atoms in total. The lowest BCUT2D eigenvalue weighted by Gasteiger charge is -2.42. The van der Waals surface area contributed by atoms with Crippen LogP contribution < -0.4 is 10.6 Å². The molecule has 2 aliphatic heterocycles. The van der Waals surface area contributed by atoms with Crippen molar-refractivity contribution in [3.63, 3.8) is 0 Å². The first-order valence-electron chi connectivity index (χ1n) is 15.8. The molecule has 2 rings (SSSR count). The highest BCUT2D eigenvalue weighted by Gasteiger charge is 2.45. The smallest absolute Gasteiger partial charge is 0.217 e. The van der Waals surface area contributed by atoms with E-state index in [0.29, 0.717) is 39.6 Å². The Labute approximate surface area is 274 Å². The summed E-state index contributed by atoms with van der Waals surface area (Å²) in [5.74, 6) is -0.678. The number of carbonyl (C=O) groups is 2. The molecular formula is C29H54N2O16. The fourth-order valence-electron chi connectivity index (χ4n) is 4.92. The van der Waals surface area contributed by atoms with Gasteiger partial charge in [0.1, 0.15) is 36.6 Å². The molecule has 2 heterocycles. The first-order valence-corrected chi connectivity index (χ1v) is 15.8. The molecule has 0 aromatic carbocycles. The average molecular weight is 687 g/mol. The Balaban J connectivity index is 1.50. The predicted molar refractivity (Wildman–Crippen MR) is 160 cm³/mol. The Kier molecular flexibility index (Phi) is 20.3. The van der Waals surface area contributed by atoms with Crippen molar-refractivity contribution in [1.82, 2.24) is 10.6 Å². The van der Waals surface area contributed by atoms with Crippen LogP contribution in [0.1, 0.15) is 27.2 Å². The predicted octanol–water partition coefficient (Wildman–Crippen LogP) is -4.00. The maximum Gasteiger partial charge on any atom is 0.217 e. The second-order valence-electron chi connectivity index (χ2n) is 11.5. The summed E-state index contributed by atoms with van der Waals surface area (Å²) < 4.78 is 44.6. The molecule has 0 bridgehead atoms. The van der Waals surface area contributed by atoms with Gasteiger partial charge in [-0.15, -0.1) is 0 Å². The Morgan fingerprint density at radius 2 is 1.15 bits per heavy atom. The van der Waals surface area contributed by atoms with Gasteiger partial charge in [-0.25, -0.2) is 0 Å². The van der Waals surface area contributed by atoms with Gasteiger partial charge in [0, 0.05) is 26.2 Å². The van der Waals surface area contributed by atoms with Crippen molar-refractivity contribution >= 4 is 11.8 Å². The van der Waals surface area contributed by atoms with E-state index in [4.69, 9.17) is 37.9 Å². The monoisotopic (exact) mass is 686 g/mol. The van der Waals surface area contributed by atoms with Gasteiger partial charge in [0.05, 0.1) is 91.4 Å². The van der Waals surface area contributed by atoms with Gasteiger partial charge in [-0.2, -0.15) is 0 Å². The topological polar surface area (TPSA) is 253 Å². The Morgan fingerprint density at radius 1 is 0.681 bits per heavy atom. The summed E-state index contributed by atoms with van der Waals surface area (Å²) in [6, 6.07) is -1.73. The normalized spacial score (nSPS) is 32.0. The van der Waals surface area contributed by atoms with Gasteiger partial charge in [0.15, 0.2) is 12.6 Å². The standard InChI is InChI=1S/C29H54N2O16/c1-17(16-43-7-5-41-9-11-45-29-24(31-19(3)35)27(39)26(38)23(14-33)47-29)15-42-6-4-40-8-10-44-28-20(30-18(2)34)12-21(36)25(37)22(13-32)46-28/h17,20-29,32-33,36-39H,4-16H2,1-3H3,(H,30,34)(H,31,35)/t17?,20?,21?,22?,23?,24?,25-,26+,27?,28-,29-/m1/s1. The zero-order chi connectivity index (χ0) is 34.8. The van der Waals surface area contributed by atoms with Crippen LogP contribution in [0.4, 0.5) is 0 Å². The number of nitrogens with one attached hydrogen (secondary N) is 2. The number of ether oxygens (including phenoxy) is 8. The second-order valence-corrected chi connectivity index (χ2v) is 11.5. The minimum Gasteiger partial charge on any atom is -0.394 e. The highest BCUT2D eigenvalue weighted by Crippen LogP contribution is 2.23. The lowest BCUT2D eigenvalue weighted by molar-refractivity contribution is -0.272. The molecule has 0 spiro atoms. The number of rotatable bonds is 22. The molecule has 0 aromatic rings. The van der Waals surface area contributed by atoms with Gasteiger partial charge in [0.2, 0.25) is 11.8 Å². The number of carbonyl (C=O) groups excluding carboxylic acids is 2. The van der Waals surface area contributed by atoms with Crippen LogP contribution in [0.3, 0.4) is 0 Å². The van der Waals surface area contributed by atoms with Gasteiger partial charge in [-0.3, -0.25) is 9.59 Å². The minimum atomic E-state index is -1.38. The summed E-state index contributed by atoms with van der Waals surface area (Å²) in [7, 11) is 0. The molecule has 7 unspecified atom stereocenters. The van der Waals surface area contributed by atoms with E-state index in [1.165, 1.54) is 13.8 Å². The molecule has 2 aliphatic rings. The van der Waals surface area contributed by atoms with Crippen LogP contribution in [0.5, 0.6) is 0 Å². The van der Waals surface area contributed by atoms with Crippen molar-refractivity contribution in [1.29, 1.82) is 0 Å². The first kappa shape index (κ1) is 41.6. The number of hydrogen-bond acceptors (Lipinski definition) is 16. The quantitative estimate of drug-likeness (QED) is 0.0505. The van der Waals surface area contributed by atoms with E-state index in [2.05, 4.69) is 10.6 Å². The van der Waals surface area contributed by atoms with Crippen molar-refractivity contribution in [3.8, 4) is 0 Å². The highest BCUT2D eigenvalue weighted by molar-refractivity contribution is 5.73. The van der Waals surface area contributed by atoms with Gasteiger partial charge < -0.3 is 79.2 Å². The fourth-order valence-corrected chi connectivity index (χ4v) is 4.92. The third-order valence-electron chi connectivity index (χ3n) is 7.30. The van der Waals surface area contributed by atoms with Crippen molar-refractivity contribution < 1.29 is 78.1 Å². The number of amides is 2. The van der Waals surface area contributed by atoms with Crippen molar-refractivity contribution in [2.24, 2.45) is 5.92 Å². The largest absolute Gasteiger partial charge is 0.394 e. The lowest BCUT2D eigenvalue weighted by Crippen LogP contribution is -2.64. The van der Waals surface area contributed by atoms with Gasteiger partial charge in [-0.05, 0) is 0 Å². The molecule has 276 valence electrons. The van der Waals surface area contributed by atoms with Crippen molar-refractivity contribution in [3.05, 3.63) is 0 Å². The summed E-state index contributed by atoms with van der Waals surface area (Å²) in [4.78, 5) is 23.0. The zero-order valence-corrected chi connectivity index (χ0v) is 27.3. The highest BCUT2D eigenvalue weighted by atomic mass is 16.7. The molecule has 2 saturated heterocycles. The first-order chi connectivity index (χ1) is 22.5. The van der Waals surface area contributed by atoms with Crippen LogP contribution in [-0.4, -0.2) is 183 Å². The van der Waals surface area contributed by atoms with Crippen LogP contribution in [0.25, 0.3) is 0 Å². The zero-order valence-electron chi connectivity index (χ0n) is 27.3. The molecule has 18 heteroatoms. The maximum atomic E-state index is 11.6. The Hall–Kier alpha value is -1.62. The molecule has 0 saturated carbocycles. The molecule has 8 N–H and O–H groups in total. The lowest BCUT2D eigenvalue weighted by atomic mass is 9.97. The van der Waals surface area contributed by atoms with Gasteiger partial charge in [0.25, 0.3) is 0 Å². The molecule has 0 aliphatic carbocycles. The van der Waals surface area contributed by atoms with E-state index in [0.717, 1.165) is 0 Å². The van der Waals surface area contributed by atoms with Gasteiger partial charge >= 0.3 is 0 Å². The van der Waals surface area contributed by atoms with Crippen LogP contribution in [0.15, 0.2) is 0 Å². The molecule has 11 atom stereocenters. The molecular weight excluding hydrogens is 632 g/mol. The number of aliphatic hydroxyl groups is 6. The van der Waals surface area contributed by atoms with E-state index >= 15 is 0 Å². The van der Waals surface area contributed by atoms with Crippen LogP contribution in [0.2, 0.25) is 0 Å². The Bertz CT molecular complexity index is 874. The Morgan fingerprint density at radius 3 is 1.68 bits per heavy atom. The fraction of sp³-hybridized carbons (Fsp3) is 0.931. The molecule has 0 radical (unpaired) electrons. The van der Waals surface area contributed by atoms with E-state index in [-0.39, 0.29) is 44.7 Å².